The van der Waals surface area contributed by atoms with Crippen molar-refractivity contribution in [1.29, 1.82) is 0 Å². The Labute approximate surface area is 115 Å². The van der Waals surface area contributed by atoms with Crippen LogP contribution in [0.4, 0.5) is 0 Å². The second kappa shape index (κ2) is 8.15. The van der Waals surface area contributed by atoms with Crippen molar-refractivity contribution < 1.29 is 14.2 Å². The summed E-state index contributed by atoms with van der Waals surface area (Å²) in [6.07, 6.45) is 1.08. The van der Waals surface area contributed by atoms with Crippen LogP contribution in [0.3, 0.4) is 0 Å². The Morgan fingerprint density at radius 2 is 2.16 bits per heavy atom. The van der Waals surface area contributed by atoms with E-state index in [2.05, 4.69) is 23.5 Å². The average Bonchev–Trinajstić information content (AvgIpc) is 2.46. The summed E-state index contributed by atoms with van der Waals surface area (Å²) in [5, 5.41) is 3.45. The van der Waals surface area contributed by atoms with Crippen LogP contribution >= 0.6 is 0 Å². The van der Waals surface area contributed by atoms with Gasteiger partial charge in [0.1, 0.15) is 5.75 Å². The fourth-order valence-corrected chi connectivity index (χ4v) is 2.29. The van der Waals surface area contributed by atoms with E-state index in [4.69, 9.17) is 14.2 Å². The molecule has 0 saturated carbocycles. The van der Waals surface area contributed by atoms with E-state index in [1.54, 1.807) is 7.11 Å². The maximum absolute atomic E-state index is 5.66. The maximum Gasteiger partial charge on any atom is 0.122 e. The lowest BCUT2D eigenvalue weighted by molar-refractivity contribution is 0.0718. The molecule has 0 radical (unpaired) electrons. The first-order valence-corrected chi connectivity index (χ1v) is 6.91. The van der Waals surface area contributed by atoms with Crippen molar-refractivity contribution >= 4 is 0 Å². The Kier molecular flexibility index (Phi) is 6.14. The van der Waals surface area contributed by atoms with Crippen LogP contribution in [0.25, 0.3) is 0 Å². The van der Waals surface area contributed by atoms with Crippen molar-refractivity contribution in [3.05, 3.63) is 29.8 Å². The molecule has 4 heteroatoms. The Balaban J connectivity index is 1.67. The Bertz CT molecular complexity index is 370. The molecule has 1 aromatic carbocycles. The number of para-hydroxylation sites is 1. The van der Waals surface area contributed by atoms with E-state index in [9.17, 15) is 0 Å². The van der Waals surface area contributed by atoms with Gasteiger partial charge in [0.15, 0.2) is 0 Å². The maximum atomic E-state index is 5.66. The third-order valence-corrected chi connectivity index (χ3v) is 3.33. The fraction of sp³-hybridized carbons (Fsp3) is 0.600. The summed E-state index contributed by atoms with van der Waals surface area (Å²) in [4.78, 5) is 0. The summed E-state index contributed by atoms with van der Waals surface area (Å²) < 4.78 is 16.0. The highest BCUT2D eigenvalue weighted by atomic mass is 16.5. The van der Waals surface area contributed by atoms with Gasteiger partial charge in [-0.3, -0.25) is 0 Å². The zero-order valence-electron chi connectivity index (χ0n) is 11.6. The van der Waals surface area contributed by atoms with Crippen LogP contribution < -0.4 is 10.1 Å². The number of rotatable bonds is 8. The molecule has 0 aromatic heterocycles. The van der Waals surface area contributed by atoms with E-state index in [-0.39, 0.29) is 0 Å². The van der Waals surface area contributed by atoms with E-state index in [0.717, 1.165) is 38.5 Å². The molecule has 0 saturated heterocycles. The second-order valence-corrected chi connectivity index (χ2v) is 4.68. The van der Waals surface area contributed by atoms with Crippen molar-refractivity contribution in [2.75, 3.05) is 46.6 Å². The van der Waals surface area contributed by atoms with Crippen molar-refractivity contribution in [1.82, 2.24) is 5.32 Å². The van der Waals surface area contributed by atoms with Crippen molar-refractivity contribution in [3.8, 4) is 5.75 Å². The molecule has 0 fully saturated rings. The van der Waals surface area contributed by atoms with Gasteiger partial charge in [-0.25, -0.2) is 0 Å². The molecule has 2 rings (SSSR count). The van der Waals surface area contributed by atoms with Crippen molar-refractivity contribution in [2.24, 2.45) is 0 Å². The number of fused-ring (bicyclic) bond motifs is 1. The molecule has 1 atom stereocenters. The van der Waals surface area contributed by atoms with Gasteiger partial charge in [0.25, 0.3) is 0 Å². The third kappa shape index (κ3) is 4.49. The first-order valence-electron chi connectivity index (χ1n) is 6.91. The number of nitrogens with one attached hydrogen (secondary N) is 1. The van der Waals surface area contributed by atoms with E-state index < -0.39 is 0 Å². The Morgan fingerprint density at radius 3 is 3.05 bits per heavy atom. The average molecular weight is 265 g/mol. The first-order chi connectivity index (χ1) is 9.42. The van der Waals surface area contributed by atoms with Gasteiger partial charge in [0.05, 0.1) is 26.4 Å². The lowest BCUT2D eigenvalue weighted by atomic mass is 9.93. The molecular formula is C15H23NO3. The quantitative estimate of drug-likeness (QED) is 0.728. The zero-order valence-corrected chi connectivity index (χ0v) is 11.6. The molecule has 4 nitrogen and oxygen atoms in total. The molecule has 1 aromatic rings. The highest BCUT2D eigenvalue weighted by Gasteiger charge is 2.20. The molecule has 0 spiro atoms. The predicted molar refractivity (Wildman–Crippen MR) is 74.9 cm³/mol. The van der Waals surface area contributed by atoms with Gasteiger partial charge >= 0.3 is 0 Å². The van der Waals surface area contributed by atoms with Crippen molar-refractivity contribution in [2.45, 2.75) is 12.3 Å². The SMILES string of the molecule is COCCOCCNCC1CCOc2ccccc21. The number of hydrogen-bond acceptors (Lipinski definition) is 4. The molecule has 1 aliphatic heterocycles. The van der Waals surface area contributed by atoms with Crippen molar-refractivity contribution in [3.63, 3.8) is 0 Å². The number of benzene rings is 1. The zero-order chi connectivity index (χ0) is 13.3. The van der Waals surface area contributed by atoms with E-state index in [1.807, 2.05) is 6.07 Å². The van der Waals surface area contributed by atoms with Gasteiger partial charge in [-0.2, -0.15) is 0 Å². The molecule has 19 heavy (non-hydrogen) atoms. The highest BCUT2D eigenvalue weighted by Crippen LogP contribution is 2.32. The highest BCUT2D eigenvalue weighted by molar-refractivity contribution is 5.37. The smallest absolute Gasteiger partial charge is 0.122 e. The molecule has 1 unspecified atom stereocenters. The normalized spacial score (nSPS) is 17.8. The van der Waals surface area contributed by atoms with Crippen LogP contribution in [0.2, 0.25) is 0 Å². The topological polar surface area (TPSA) is 39.7 Å². The predicted octanol–water partition coefficient (Wildman–Crippen LogP) is 1.81. The Morgan fingerprint density at radius 1 is 1.26 bits per heavy atom. The van der Waals surface area contributed by atoms with Gasteiger partial charge < -0.3 is 19.5 Å². The summed E-state index contributed by atoms with van der Waals surface area (Å²) >= 11 is 0. The summed E-state index contributed by atoms with van der Waals surface area (Å²) in [6.45, 7) is 4.73. The van der Waals surface area contributed by atoms with E-state index >= 15 is 0 Å². The monoisotopic (exact) mass is 265 g/mol. The third-order valence-electron chi connectivity index (χ3n) is 3.33. The van der Waals surface area contributed by atoms with Crippen LogP contribution in [0.15, 0.2) is 24.3 Å². The van der Waals surface area contributed by atoms with Gasteiger partial charge in [-0.15, -0.1) is 0 Å². The summed E-state index contributed by atoms with van der Waals surface area (Å²) in [5.41, 5.74) is 1.32. The molecule has 106 valence electrons. The first kappa shape index (κ1) is 14.3. The molecule has 1 N–H and O–H groups in total. The summed E-state index contributed by atoms with van der Waals surface area (Å²) in [6, 6.07) is 8.32. The van der Waals surface area contributed by atoms with Gasteiger partial charge in [0.2, 0.25) is 0 Å². The van der Waals surface area contributed by atoms with Crippen LogP contribution in [0, 0.1) is 0 Å². The minimum absolute atomic E-state index is 0.545. The fourth-order valence-electron chi connectivity index (χ4n) is 2.29. The second-order valence-electron chi connectivity index (χ2n) is 4.68. The summed E-state index contributed by atoms with van der Waals surface area (Å²) in [5.74, 6) is 1.58. The van der Waals surface area contributed by atoms with Gasteiger partial charge in [-0.05, 0) is 18.1 Å². The van der Waals surface area contributed by atoms with Gasteiger partial charge in [0, 0.05) is 26.1 Å². The molecule has 1 heterocycles. The van der Waals surface area contributed by atoms with E-state index in [0.29, 0.717) is 19.1 Å². The van der Waals surface area contributed by atoms with Crippen LogP contribution in [0.1, 0.15) is 17.9 Å². The lowest BCUT2D eigenvalue weighted by Gasteiger charge is -2.26. The van der Waals surface area contributed by atoms with Crippen LogP contribution in [-0.4, -0.2) is 46.6 Å². The minimum Gasteiger partial charge on any atom is -0.493 e. The van der Waals surface area contributed by atoms with Crippen LogP contribution in [-0.2, 0) is 9.47 Å². The Hall–Kier alpha value is -1.10. The summed E-state index contributed by atoms with van der Waals surface area (Å²) in [7, 11) is 1.68. The number of ether oxygens (including phenoxy) is 3. The molecule has 0 bridgehead atoms. The number of methoxy groups -OCH3 is 1. The van der Waals surface area contributed by atoms with E-state index in [1.165, 1.54) is 5.56 Å². The van der Waals surface area contributed by atoms with Crippen LogP contribution in [0.5, 0.6) is 5.75 Å². The minimum atomic E-state index is 0.545. The molecule has 1 aliphatic rings. The lowest BCUT2D eigenvalue weighted by Crippen LogP contribution is -2.28. The molecule has 0 amide bonds. The number of hydrogen-bond donors (Lipinski definition) is 1. The largest absolute Gasteiger partial charge is 0.493 e. The molecular weight excluding hydrogens is 242 g/mol. The standard InChI is InChI=1S/C15H23NO3/c1-17-10-11-18-9-7-16-12-13-6-8-19-15-5-3-2-4-14(13)15/h2-5,13,16H,6-12H2,1H3. The van der Waals surface area contributed by atoms with Gasteiger partial charge in [-0.1, -0.05) is 18.2 Å². The molecule has 0 aliphatic carbocycles.